The molecule has 1 saturated heterocycles. The molecule has 0 spiro atoms. The van der Waals surface area contributed by atoms with E-state index in [1.807, 2.05) is 12.1 Å². The zero-order chi connectivity index (χ0) is 10.9. The Labute approximate surface area is 96.4 Å². The van der Waals surface area contributed by atoms with Gasteiger partial charge in [-0.05, 0) is 35.0 Å². The van der Waals surface area contributed by atoms with Gasteiger partial charge in [-0.1, -0.05) is 25.1 Å². The average Bonchev–Trinajstić information content (AvgIpc) is 2.25. The molecular weight excluding hydrogens is 224 g/mol. The van der Waals surface area contributed by atoms with Crippen molar-refractivity contribution < 1.29 is 4.74 Å². The smallest absolute Gasteiger partial charge is 0.186 e. The molecule has 0 aliphatic carbocycles. The van der Waals surface area contributed by atoms with Crippen LogP contribution in [0.15, 0.2) is 30.8 Å². The molecule has 3 heteroatoms. The van der Waals surface area contributed by atoms with Crippen LogP contribution in [0, 0.1) is 0 Å². The Morgan fingerprint density at radius 2 is 1.93 bits per heavy atom. The number of halogens is 1. The van der Waals surface area contributed by atoms with Crippen LogP contribution in [0.1, 0.15) is 12.0 Å². The first-order valence-electron chi connectivity index (χ1n) is 5.18. The van der Waals surface area contributed by atoms with Crippen LogP contribution in [0.3, 0.4) is 0 Å². The molecule has 1 nitrogen and oxygen atoms in total. The molecule has 0 aromatic heterocycles. The lowest BCUT2D eigenvalue weighted by Gasteiger charge is -2.35. The molecule has 1 fully saturated rings. The zero-order valence-corrected chi connectivity index (χ0v) is 10.7. The highest BCUT2D eigenvalue weighted by atomic mass is 35.6. The molecule has 15 heavy (non-hydrogen) atoms. The number of methoxy groups -OCH3 is 1. The second-order valence-corrected chi connectivity index (χ2v) is 9.73. The van der Waals surface area contributed by atoms with Crippen LogP contribution in [0.25, 0.3) is 5.20 Å². The second kappa shape index (κ2) is 4.03. The van der Waals surface area contributed by atoms with Crippen molar-refractivity contribution in [2.24, 2.45) is 0 Å². The summed E-state index contributed by atoms with van der Waals surface area (Å²) in [6.07, 6.45) is 1.27. The summed E-state index contributed by atoms with van der Waals surface area (Å²) < 4.78 is 5.12. The summed E-state index contributed by atoms with van der Waals surface area (Å²) in [5, 5.41) is 1.18. The molecule has 0 unspecified atom stereocenters. The lowest BCUT2D eigenvalue weighted by atomic mass is 10.2. The van der Waals surface area contributed by atoms with Crippen molar-refractivity contribution in [2.75, 3.05) is 7.11 Å². The summed E-state index contributed by atoms with van der Waals surface area (Å²) in [7, 11) is 0.0426. The first-order valence-corrected chi connectivity index (χ1v) is 8.61. The minimum atomic E-state index is -1.63. The summed E-state index contributed by atoms with van der Waals surface area (Å²) in [6.45, 7) is 4.16. The molecule has 0 N–H and O–H groups in total. The van der Waals surface area contributed by atoms with E-state index in [1.54, 1.807) is 7.11 Å². The Balaban J connectivity index is 2.18. The molecular formula is C12H15ClOSi. The predicted octanol–water partition coefficient (Wildman–Crippen LogP) is 3.84. The molecule has 0 saturated carbocycles. The third-order valence-corrected chi connectivity index (χ3v) is 8.61. The fraction of sp³-hybridized carbons (Fsp3) is 0.333. The van der Waals surface area contributed by atoms with Crippen LogP contribution in [-0.2, 0) is 0 Å². The van der Waals surface area contributed by atoms with Gasteiger partial charge in [0.15, 0.2) is 7.38 Å². The monoisotopic (exact) mass is 238 g/mol. The van der Waals surface area contributed by atoms with E-state index in [-0.39, 0.29) is 0 Å². The molecule has 0 radical (unpaired) electrons. The number of benzene rings is 1. The highest BCUT2D eigenvalue weighted by Crippen LogP contribution is 2.44. The summed E-state index contributed by atoms with van der Waals surface area (Å²) in [6, 6.07) is 10.4. The number of rotatable bonds is 3. The minimum absolute atomic E-state index is 0.880. The van der Waals surface area contributed by atoms with Crippen molar-refractivity contribution in [2.45, 2.75) is 18.5 Å². The van der Waals surface area contributed by atoms with E-state index in [1.165, 1.54) is 29.3 Å². The Morgan fingerprint density at radius 3 is 2.33 bits per heavy atom. The summed E-state index contributed by atoms with van der Waals surface area (Å²) in [5.74, 6) is 0.880. The second-order valence-electron chi connectivity index (χ2n) is 4.03. The number of hydrogen-bond donors (Lipinski definition) is 0. The Hall–Kier alpha value is -0.733. The topological polar surface area (TPSA) is 9.23 Å². The summed E-state index contributed by atoms with van der Waals surface area (Å²) >= 11 is 6.57. The molecule has 1 aromatic rings. The normalized spacial score (nSPS) is 18.0. The van der Waals surface area contributed by atoms with Crippen molar-refractivity contribution in [1.29, 1.82) is 0 Å². The minimum Gasteiger partial charge on any atom is -0.497 e. The van der Waals surface area contributed by atoms with E-state index in [0.29, 0.717) is 0 Å². The standard InChI is InChI=1S/C12H15ClOSi/c1-10(15(13)8-3-9-15)11-4-6-12(14-2)7-5-11/h4-7H,1,3,8-9H2,2H3. The Kier molecular flexibility index (Phi) is 2.89. The quantitative estimate of drug-likeness (QED) is 0.575. The van der Waals surface area contributed by atoms with Gasteiger partial charge in [0.05, 0.1) is 7.11 Å². The third-order valence-electron chi connectivity index (χ3n) is 3.13. The van der Waals surface area contributed by atoms with Gasteiger partial charge in [0.25, 0.3) is 0 Å². The van der Waals surface area contributed by atoms with Gasteiger partial charge in [0.1, 0.15) is 5.75 Å². The highest BCUT2D eigenvalue weighted by Gasteiger charge is 2.41. The molecule has 1 aromatic carbocycles. The molecule has 0 bridgehead atoms. The molecule has 1 aliphatic rings. The van der Waals surface area contributed by atoms with Gasteiger partial charge in [0.2, 0.25) is 0 Å². The number of hydrogen-bond acceptors (Lipinski definition) is 1. The van der Waals surface area contributed by atoms with Crippen molar-refractivity contribution in [1.82, 2.24) is 0 Å². The number of ether oxygens (including phenoxy) is 1. The van der Waals surface area contributed by atoms with E-state index in [9.17, 15) is 0 Å². The lowest BCUT2D eigenvalue weighted by molar-refractivity contribution is 0.415. The third kappa shape index (κ3) is 1.97. The zero-order valence-electron chi connectivity index (χ0n) is 8.92. The van der Waals surface area contributed by atoms with Gasteiger partial charge < -0.3 is 4.74 Å². The van der Waals surface area contributed by atoms with Crippen LogP contribution >= 0.6 is 11.1 Å². The fourth-order valence-corrected chi connectivity index (χ4v) is 5.23. The summed E-state index contributed by atoms with van der Waals surface area (Å²) in [5.41, 5.74) is 1.18. The van der Waals surface area contributed by atoms with Crippen molar-refractivity contribution in [3.8, 4) is 5.75 Å². The maximum atomic E-state index is 6.57. The maximum Gasteiger partial charge on any atom is 0.186 e. The van der Waals surface area contributed by atoms with Gasteiger partial charge in [-0.25, -0.2) is 0 Å². The van der Waals surface area contributed by atoms with Gasteiger partial charge in [-0.2, -0.15) is 11.1 Å². The molecule has 0 atom stereocenters. The average molecular weight is 239 g/mol. The van der Waals surface area contributed by atoms with E-state index in [0.717, 1.165) is 5.75 Å². The van der Waals surface area contributed by atoms with Gasteiger partial charge in [0, 0.05) is 0 Å². The Bertz CT molecular complexity index is 368. The van der Waals surface area contributed by atoms with Gasteiger partial charge in [-0.15, -0.1) is 0 Å². The van der Waals surface area contributed by atoms with Crippen molar-refractivity contribution in [3.05, 3.63) is 36.4 Å². The molecule has 2 rings (SSSR count). The highest BCUT2D eigenvalue weighted by molar-refractivity contribution is 7.31. The van der Waals surface area contributed by atoms with E-state index >= 15 is 0 Å². The maximum absolute atomic E-state index is 6.57. The SMILES string of the molecule is C=C(c1ccc(OC)cc1)[Si]1(Cl)CCC1. The fourth-order valence-electron chi connectivity index (χ4n) is 1.84. The lowest BCUT2D eigenvalue weighted by Crippen LogP contribution is -2.36. The Morgan fingerprint density at radius 1 is 1.33 bits per heavy atom. The molecule has 1 heterocycles. The van der Waals surface area contributed by atoms with Crippen LogP contribution < -0.4 is 4.74 Å². The van der Waals surface area contributed by atoms with Crippen molar-refractivity contribution >= 4 is 23.7 Å². The van der Waals surface area contributed by atoms with E-state index in [4.69, 9.17) is 15.8 Å². The largest absolute Gasteiger partial charge is 0.497 e. The van der Waals surface area contributed by atoms with E-state index in [2.05, 4.69) is 18.7 Å². The first kappa shape index (κ1) is 10.8. The first-order chi connectivity index (χ1) is 7.15. The predicted molar refractivity (Wildman–Crippen MR) is 67.9 cm³/mol. The van der Waals surface area contributed by atoms with Crippen LogP contribution in [0.5, 0.6) is 5.75 Å². The van der Waals surface area contributed by atoms with Crippen LogP contribution in [0.2, 0.25) is 12.1 Å². The van der Waals surface area contributed by atoms with Gasteiger partial charge >= 0.3 is 0 Å². The summed E-state index contributed by atoms with van der Waals surface area (Å²) in [4.78, 5) is 0. The molecule has 1 aliphatic heterocycles. The van der Waals surface area contributed by atoms with Crippen LogP contribution in [0.4, 0.5) is 0 Å². The van der Waals surface area contributed by atoms with Crippen LogP contribution in [-0.4, -0.2) is 14.5 Å². The molecule has 80 valence electrons. The molecule has 0 amide bonds. The van der Waals surface area contributed by atoms with Crippen molar-refractivity contribution in [3.63, 3.8) is 0 Å². The van der Waals surface area contributed by atoms with Gasteiger partial charge in [-0.3, -0.25) is 0 Å². The van der Waals surface area contributed by atoms with E-state index < -0.39 is 7.38 Å².